The Morgan fingerprint density at radius 2 is 2.25 bits per heavy atom. The largest absolute Gasteiger partial charge is 0.497 e. The van der Waals surface area contributed by atoms with Crippen LogP contribution in [0.4, 0.5) is 0 Å². The van der Waals surface area contributed by atoms with Crippen LogP contribution in [0.1, 0.15) is 54.6 Å². The van der Waals surface area contributed by atoms with E-state index in [-0.39, 0.29) is 5.41 Å². The van der Waals surface area contributed by atoms with E-state index in [0.29, 0.717) is 22.7 Å². The molecule has 5 heteroatoms. The molecule has 0 saturated heterocycles. The third-order valence-corrected chi connectivity index (χ3v) is 6.98. The second kappa shape index (κ2) is 4.74. The molecule has 0 amide bonds. The van der Waals surface area contributed by atoms with Gasteiger partial charge in [0.25, 0.3) is 0 Å². The van der Waals surface area contributed by atoms with Crippen molar-refractivity contribution in [3.8, 4) is 5.75 Å². The summed E-state index contributed by atoms with van der Waals surface area (Å²) in [6, 6.07) is 6.55. The summed E-state index contributed by atoms with van der Waals surface area (Å²) < 4.78 is 10.3. The van der Waals surface area contributed by atoms with Crippen molar-refractivity contribution in [2.45, 2.75) is 50.4 Å². The van der Waals surface area contributed by atoms with Crippen LogP contribution in [-0.4, -0.2) is 12.3 Å². The predicted octanol–water partition coefficient (Wildman–Crippen LogP) is 2.89. The average Bonchev–Trinajstić information content (AvgIpc) is 3.12. The van der Waals surface area contributed by atoms with Crippen LogP contribution in [0.25, 0.3) is 0 Å². The topological polar surface area (TPSA) is 62.2 Å². The highest BCUT2D eigenvalue weighted by Gasteiger charge is 2.58. The van der Waals surface area contributed by atoms with Gasteiger partial charge in [0, 0.05) is 17.0 Å². The lowest BCUT2D eigenvalue weighted by atomic mass is 9.55. The smallest absolute Gasteiger partial charge is 0.227 e. The fourth-order valence-electron chi connectivity index (χ4n) is 5.76. The molecule has 126 valence electrons. The van der Waals surface area contributed by atoms with Gasteiger partial charge in [0.15, 0.2) is 5.69 Å². The van der Waals surface area contributed by atoms with Crippen LogP contribution < -0.4 is 9.64 Å². The van der Waals surface area contributed by atoms with E-state index in [1.807, 2.05) is 0 Å². The van der Waals surface area contributed by atoms with Crippen molar-refractivity contribution >= 4 is 0 Å². The molecule has 0 N–H and O–H groups in total. The summed E-state index contributed by atoms with van der Waals surface area (Å²) >= 11 is 0. The Bertz CT molecular complexity index is 815. The molecule has 0 aliphatic heterocycles. The summed E-state index contributed by atoms with van der Waals surface area (Å²) in [5, 5.41) is 16.0. The molecular formula is C19H22N2O3. The maximum absolute atomic E-state index is 11.9. The minimum Gasteiger partial charge on any atom is -0.497 e. The van der Waals surface area contributed by atoms with E-state index in [1.54, 1.807) is 7.11 Å². The quantitative estimate of drug-likeness (QED) is 0.756. The minimum absolute atomic E-state index is 0.000363. The second-order valence-electron chi connectivity index (χ2n) is 7.87. The number of rotatable bonds is 1. The number of methoxy groups -OCH3 is 1. The highest BCUT2D eigenvalue weighted by molar-refractivity contribution is 5.42. The number of hydrogen-bond acceptors (Lipinski definition) is 4. The summed E-state index contributed by atoms with van der Waals surface area (Å²) in [6.45, 7) is 2.28. The van der Waals surface area contributed by atoms with Crippen molar-refractivity contribution in [2.75, 3.05) is 7.11 Å². The number of ether oxygens (including phenoxy) is 1. The first-order valence-corrected chi connectivity index (χ1v) is 8.87. The second-order valence-corrected chi connectivity index (χ2v) is 7.87. The molecule has 5 nitrogen and oxygen atoms in total. The molecule has 3 aliphatic rings. The van der Waals surface area contributed by atoms with Gasteiger partial charge in [0.2, 0.25) is 5.69 Å². The fraction of sp³-hybridized carbons (Fsp3) is 0.579. The molecule has 1 aromatic carbocycles. The van der Waals surface area contributed by atoms with Gasteiger partial charge in [-0.1, -0.05) is 13.0 Å². The van der Waals surface area contributed by atoms with Crippen LogP contribution in [-0.2, 0) is 18.3 Å². The SMILES string of the molecule is COc1ccc2c(c1)CC[C@@H]1C2CC[C@]2(C)c3no[n+]([O-])c3C[C@@H]12. The first-order chi connectivity index (χ1) is 11.6. The molecule has 1 unspecified atom stereocenters. The van der Waals surface area contributed by atoms with E-state index in [4.69, 9.17) is 9.37 Å². The lowest BCUT2D eigenvalue weighted by Crippen LogP contribution is -2.43. The lowest BCUT2D eigenvalue weighted by molar-refractivity contribution is -0.808. The standard InChI is InChI=1S/C19H22N2O3/c1-19-8-7-14-13-6-4-12(23-2)9-11(13)3-5-15(14)16(19)10-17-18(19)20-24-21(17)22/h4,6,9,14-16H,3,5,7-8,10H2,1-2H3/t14?,15-,16+,19+/m1/s1. The van der Waals surface area contributed by atoms with Gasteiger partial charge in [-0.3, -0.25) is 4.63 Å². The summed E-state index contributed by atoms with van der Waals surface area (Å²) in [5.74, 6) is 2.67. The molecule has 1 aromatic heterocycles. The van der Waals surface area contributed by atoms with Gasteiger partial charge in [-0.15, -0.1) is 0 Å². The first kappa shape index (κ1) is 14.3. The molecule has 0 radical (unpaired) electrons. The summed E-state index contributed by atoms with van der Waals surface area (Å²) in [6.07, 6.45) is 5.32. The zero-order valence-electron chi connectivity index (χ0n) is 14.1. The number of fused-ring (bicyclic) bond motifs is 7. The van der Waals surface area contributed by atoms with Crippen molar-refractivity contribution in [2.24, 2.45) is 11.8 Å². The normalized spacial score (nSPS) is 33.3. The van der Waals surface area contributed by atoms with Crippen molar-refractivity contribution in [3.05, 3.63) is 45.9 Å². The average molecular weight is 326 g/mol. The maximum atomic E-state index is 11.9. The fourth-order valence-corrected chi connectivity index (χ4v) is 5.76. The van der Waals surface area contributed by atoms with E-state index in [2.05, 4.69) is 30.3 Å². The first-order valence-electron chi connectivity index (χ1n) is 8.87. The monoisotopic (exact) mass is 326 g/mol. The highest BCUT2D eigenvalue weighted by Crippen LogP contribution is 2.59. The number of nitrogens with zero attached hydrogens (tertiary/aromatic N) is 2. The van der Waals surface area contributed by atoms with Crippen molar-refractivity contribution in [3.63, 3.8) is 0 Å². The van der Waals surface area contributed by atoms with Crippen LogP contribution in [0.3, 0.4) is 0 Å². The molecule has 4 atom stereocenters. The molecule has 3 aliphatic carbocycles. The van der Waals surface area contributed by atoms with E-state index in [1.165, 1.54) is 17.5 Å². The molecule has 5 rings (SSSR count). The Labute approximate surface area is 141 Å². The third kappa shape index (κ3) is 1.70. The number of benzene rings is 1. The molecule has 0 spiro atoms. The molecule has 1 saturated carbocycles. The van der Waals surface area contributed by atoms with Gasteiger partial charge in [-0.2, -0.15) is 0 Å². The van der Waals surface area contributed by atoms with E-state index in [9.17, 15) is 5.21 Å². The molecule has 24 heavy (non-hydrogen) atoms. The van der Waals surface area contributed by atoms with Crippen LogP contribution in [0, 0.1) is 17.0 Å². The number of aromatic nitrogens is 2. The molecule has 0 bridgehead atoms. The zero-order valence-corrected chi connectivity index (χ0v) is 14.1. The molecule has 2 aromatic rings. The van der Waals surface area contributed by atoms with Crippen LogP contribution >= 0.6 is 0 Å². The van der Waals surface area contributed by atoms with Gasteiger partial charge in [-0.25, -0.2) is 0 Å². The Balaban J connectivity index is 1.53. The zero-order chi connectivity index (χ0) is 16.5. The number of hydrogen-bond donors (Lipinski definition) is 0. The maximum Gasteiger partial charge on any atom is 0.227 e. The van der Waals surface area contributed by atoms with Gasteiger partial charge >= 0.3 is 0 Å². The summed E-state index contributed by atoms with van der Waals surface area (Å²) in [5.41, 5.74) is 4.62. The van der Waals surface area contributed by atoms with Gasteiger partial charge < -0.3 is 9.94 Å². The lowest BCUT2D eigenvalue weighted by Gasteiger charge is -2.47. The van der Waals surface area contributed by atoms with Gasteiger partial charge in [-0.05, 0) is 71.6 Å². The third-order valence-electron chi connectivity index (χ3n) is 6.98. The van der Waals surface area contributed by atoms with Crippen molar-refractivity contribution in [1.29, 1.82) is 0 Å². The van der Waals surface area contributed by atoms with Crippen molar-refractivity contribution < 1.29 is 14.3 Å². The minimum atomic E-state index is -0.000363. The van der Waals surface area contributed by atoms with E-state index < -0.39 is 0 Å². The summed E-state index contributed by atoms with van der Waals surface area (Å²) in [4.78, 5) is 0.634. The highest BCUT2D eigenvalue weighted by atomic mass is 16.8. The van der Waals surface area contributed by atoms with E-state index >= 15 is 0 Å². The Morgan fingerprint density at radius 3 is 3.08 bits per heavy atom. The molecule has 1 heterocycles. The Morgan fingerprint density at radius 1 is 1.38 bits per heavy atom. The summed E-state index contributed by atoms with van der Waals surface area (Å²) in [7, 11) is 1.73. The Kier molecular flexibility index (Phi) is 2.83. The van der Waals surface area contributed by atoms with Crippen LogP contribution in [0.15, 0.2) is 22.8 Å². The van der Waals surface area contributed by atoms with Crippen molar-refractivity contribution in [1.82, 2.24) is 5.16 Å². The Hall–Kier alpha value is -2.04. The van der Waals surface area contributed by atoms with Crippen LogP contribution in [0.5, 0.6) is 5.75 Å². The molecule has 1 fully saturated rings. The molecular weight excluding hydrogens is 304 g/mol. The predicted molar refractivity (Wildman–Crippen MR) is 86.8 cm³/mol. The van der Waals surface area contributed by atoms with E-state index in [0.717, 1.165) is 42.8 Å². The van der Waals surface area contributed by atoms with Crippen LogP contribution in [0.2, 0.25) is 0 Å². The van der Waals surface area contributed by atoms with Gasteiger partial charge in [0.05, 0.1) is 7.11 Å². The van der Waals surface area contributed by atoms with Gasteiger partial charge in [0.1, 0.15) is 5.75 Å². The number of aryl methyl sites for hydroxylation is 1.